The summed E-state index contributed by atoms with van der Waals surface area (Å²) in [7, 11) is 1.61. The Kier molecular flexibility index (Phi) is 6.46. The number of thiocarbonyl (C=S) groups is 1. The van der Waals surface area contributed by atoms with Crippen LogP contribution in [-0.4, -0.2) is 18.2 Å². The topological polar surface area (TPSA) is 59.6 Å². The molecule has 0 saturated heterocycles. The molecule has 0 aliphatic rings. The summed E-state index contributed by atoms with van der Waals surface area (Å²) in [5, 5.41) is 6.15. The lowest BCUT2D eigenvalue weighted by Gasteiger charge is -2.12. The van der Waals surface area contributed by atoms with Crippen molar-refractivity contribution in [2.45, 2.75) is 13.8 Å². The van der Waals surface area contributed by atoms with Gasteiger partial charge in [0.15, 0.2) is 0 Å². The fraction of sp³-hybridized carbons (Fsp3) is 0.130. The largest absolute Gasteiger partial charge is 0.497 e. The van der Waals surface area contributed by atoms with Crippen molar-refractivity contribution in [1.82, 2.24) is 0 Å². The van der Waals surface area contributed by atoms with Gasteiger partial charge in [-0.1, -0.05) is 12.1 Å². The third-order valence-electron chi connectivity index (χ3n) is 4.52. The third-order valence-corrected chi connectivity index (χ3v) is 4.70. The van der Waals surface area contributed by atoms with Gasteiger partial charge in [0.25, 0.3) is 11.1 Å². The van der Waals surface area contributed by atoms with E-state index >= 15 is 0 Å². The summed E-state index contributed by atoms with van der Waals surface area (Å²) in [5.74, 6) is 1.13. The van der Waals surface area contributed by atoms with E-state index in [0.29, 0.717) is 11.3 Å². The summed E-state index contributed by atoms with van der Waals surface area (Å²) >= 11 is 5.23. The Balaban J connectivity index is 1.59. The molecule has 0 unspecified atom stereocenters. The first-order valence-corrected chi connectivity index (χ1v) is 9.47. The normalized spacial score (nSPS) is 10.2. The van der Waals surface area contributed by atoms with E-state index in [4.69, 9.17) is 21.7 Å². The predicted octanol–water partition coefficient (Wildman–Crippen LogP) is 5.34. The van der Waals surface area contributed by atoms with Crippen molar-refractivity contribution < 1.29 is 14.3 Å². The molecule has 0 spiro atoms. The summed E-state index contributed by atoms with van der Waals surface area (Å²) in [6.45, 7) is 4.00. The van der Waals surface area contributed by atoms with E-state index in [9.17, 15) is 4.79 Å². The minimum Gasteiger partial charge on any atom is -0.497 e. The molecule has 0 fully saturated rings. The lowest BCUT2D eigenvalue weighted by molar-refractivity contribution is 0.102. The molecule has 0 saturated carbocycles. The summed E-state index contributed by atoms with van der Waals surface area (Å²) in [6, 6.07) is 20.0. The fourth-order valence-corrected chi connectivity index (χ4v) is 2.89. The molecule has 0 atom stereocenters. The van der Waals surface area contributed by atoms with Crippen molar-refractivity contribution in [3.8, 4) is 11.5 Å². The molecule has 148 valence electrons. The van der Waals surface area contributed by atoms with Crippen LogP contribution < -0.4 is 20.1 Å². The molecule has 5 nitrogen and oxygen atoms in total. The van der Waals surface area contributed by atoms with Crippen LogP contribution in [0.5, 0.6) is 11.5 Å². The highest BCUT2D eigenvalue weighted by Gasteiger charge is 2.09. The monoisotopic (exact) mass is 406 g/mol. The highest BCUT2D eigenvalue weighted by molar-refractivity contribution is 7.80. The van der Waals surface area contributed by atoms with E-state index in [-0.39, 0.29) is 11.1 Å². The van der Waals surface area contributed by atoms with Crippen LogP contribution in [0, 0.1) is 13.8 Å². The maximum atomic E-state index is 12.5. The standard InChI is InChI=1S/C23H22N2O3S/c1-15-5-4-6-21(16(15)2)25-22(26)17-7-11-20(12-8-17)28-23(29)24-18-9-13-19(27-3)14-10-18/h4-14H,1-3H3,(H,24,29)(H,25,26). The number of hydrogen-bond acceptors (Lipinski definition) is 4. The molecular formula is C23H22N2O3S. The maximum Gasteiger partial charge on any atom is 0.266 e. The van der Waals surface area contributed by atoms with Gasteiger partial charge in [-0.15, -0.1) is 0 Å². The molecule has 3 aromatic carbocycles. The molecule has 1 amide bonds. The van der Waals surface area contributed by atoms with Gasteiger partial charge in [0, 0.05) is 16.9 Å². The Morgan fingerprint density at radius 1 is 0.862 bits per heavy atom. The number of rotatable bonds is 5. The second-order valence-electron chi connectivity index (χ2n) is 6.47. The first-order valence-electron chi connectivity index (χ1n) is 9.07. The van der Waals surface area contributed by atoms with E-state index in [1.807, 2.05) is 56.3 Å². The first-order chi connectivity index (χ1) is 14.0. The molecule has 3 rings (SSSR count). The number of aryl methyl sites for hydroxylation is 1. The van der Waals surface area contributed by atoms with Crippen LogP contribution in [0.1, 0.15) is 21.5 Å². The number of carbonyl (C=O) groups is 1. The van der Waals surface area contributed by atoms with Crippen LogP contribution in [0.25, 0.3) is 0 Å². The zero-order valence-electron chi connectivity index (χ0n) is 16.5. The van der Waals surface area contributed by atoms with Gasteiger partial charge in [0.05, 0.1) is 7.11 Å². The van der Waals surface area contributed by atoms with Gasteiger partial charge < -0.3 is 20.1 Å². The van der Waals surface area contributed by atoms with Gasteiger partial charge >= 0.3 is 0 Å². The summed E-state index contributed by atoms with van der Waals surface area (Å²) in [5.41, 5.74) is 4.31. The average molecular weight is 407 g/mol. The van der Waals surface area contributed by atoms with E-state index in [1.165, 1.54) is 0 Å². The number of nitrogens with one attached hydrogen (secondary N) is 2. The van der Waals surface area contributed by atoms with Crippen LogP contribution >= 0.6 is 12.2 Å². The van der Waals surface area contributed by atoms with Crippen LogP contribution in [0.4, 0.5) is 11.4 Å². The van der Waals surface area contributed by atoms with Gasteiger partial charge in [-0.25, -0.2) is 0 Å². The molecule has 0 aliphatic heterocycles. The minimum absolute atomic E-state index is 0.177. The molecular weight excluding hydrogens is 384 g/mol. The predicted molar refractivity (Wildman–Crippen MR) is 120 cm³/mol. The molecule has 0 aromatic heterocycles. The second-order valence-corrected chi connectivity index (χ2v) is 6.84. The van der Waals surface area contributed by atoms with Crippen molar-refractivity contribution >= 4 is 34.7 Å². The van der Waals surface area contributed by atoms with Crippen molar-refractivity contribution in [2.24, 2.45) is 0 Å². The highest BCUT2D eigenvalue weighted by Crippen LogP contribution is 2.20. The zero-order valence-corrected chi connectivity index (χ0v) is 17.3. The van der Waals surface area contributed by atoms with E-state index in [1.54, 1.807) is 31.4 Å². The Bertz CT molecular complexity index is 1020. The Morgan fingerprint density at radius 3 is 2.17 bits per heavy atom. The van der Waals surface area contributed by atoms with Crippen molar-refractivity contribution in [3.05, 3.63) is 83.4 Å². The minimum atomic E-state index is -0.177. The number of carbonyl (C=O) groups excluding carboxylic acids is 1. The first kappa shape index (κ1) is 20.4. The number of ether oxygens (including phenoxy) is 2. The smallest absolute Gasteiger partial charge is 0.266 e. The van der Waals surface area contributed by atoms with Gasteiger partial charge in [-0.3, -0.25) is 4.79 Å². The molecule has 0 aliphatic carbocycles. The number of benzene rings is 3. The fourth-order valence-electron chi connectivity index (χ4n) is 2.68. The third kappa shape index (κ3) is 5.33. The average Bonchev–Trinajstić information content (AvgIpc) is 2.72. The van der Waals surface area contributed by atoms with E-state index < -0.39 is 0 Å². The van der Waals surface area contributed by atoms with Gasteiger partial charge in [0.2, 0.25) is 0 Å². The Hall–Kier alpha value is -3.38. The molecule has 2 N–H and O–H groups in total. The Labute approximate surface area is 175 Å². The summed E-state index contributed by atoms with van der Waals surface area (Å²) < 4.78 is 10.7. The van der Waals surface area contributed by atoms with Crippen molar-refractivity contribution in [3.63, 3.8) is 0 Å². The molecule has 3 aromatic rings. The van der Waals surface area contributed by atoms with E-state index in [2.05, 4.69) is 10.6 Å². The lowest BCUT2D eigenvalue weighted by atomic mass is 10.1. The molecule has 0 heterocycles. The number of hydrogen-bond donors (Lipinski definition) is 2. The zero-order chi connectivity index (χ0) is 20.8. The van der Waals surface area contributed by atoms with Crippen LogP contribution in [0.2, 0.25) is 0 Å². The summed E-state index contributed by atoms with van der Waals surface area (Å²) in [6.07, 6.45) is 0. The SMILES string of the molecule is COc1ccc(NC(=S)Oc2ccc(C(=O)Nc3cccc(C)c3C)cc2)cc1. The van der Waals surface area contributed by atoms with E-state index in [0.717, 1.165) is 28.3 Å². The second kappa shape index (κ2) is 9.21. The maximum absolute atomic E-state index is 12.5. The number of anilines is 2. The number of methoxy groups -OCH3 is 1. The molecule has 0 bridgehead atoms. The number of amides is 1. The molecule has 6 heteroatoms. The van der Waals surface area contributed by atoms with Crippen LogP contribution in [0.15, 0.2) is 66.7 Å². The van der Waals surface area contributed by atoms with Gasteiger partial charge in [-0.2, -0.15) is 0 Å². The van der Waals surface area contributed by atoms with Gasteiger partial charge in [-0.05, 0) is 91.8 Å². The van der Waals surface area contributed by atoms with Crippen molar-refractivity contribution in [2.75, 3.05) is 17.7 Å². The van der Waals surface area contributed by atoms with Gasteiger partial charge in [0.1, 0.15) is 11.5 Å². The summed E-state index contributed by atoms with van der Waals surface area (Å²) in [4.78, 5) is 12.5. The van der Waals surface area contributed by atoms with Crippen molar-refractivity contribution in [1.29, 1.82) is 0 Å². The van der Waals surface area contributed by atoms with Crippen LogP contribution in [-0.2, 0) is 0 Å². The highest BCUT2D eigenvalue weighted by atomic mass is 32.1. The molecule has 0 radical (unpaired) electrons. The Morgan fingerprint density at radius 2 is 1.52 bits per heavy atom. The lowest BCUT2D eigenvalue weighted by Crippen LogP contribution is -2.16. The molecule has 29 heavy (non-hydrogen) atoms. The quantitative estimate of drug-likeness (QED) is 0.560. The van der Waals surface area contributed by atoms with Crippen LogP contribution in [0.3, 0.4) is 0 Å².